The SMILES string of the molecule is COC(C)(OC)c1ccsc1. The van der Waals surface area contributed by atoms with Crippen molar-refractivity contribution in [1.29, 1.82) is 0 Å². The largest absolute Gasteiger partial charge is 0.349 e. The molecule has 1 aromatic rings. The van der Waals surface area contributed by atoms with Crippen LogP contribution >= 0.6 is 11.3 Å². The van der Waals surface area contributed by atoms with Crippen molar-refractivity contribution >= 4 is 11.3 Å². The van der Waals surface area contributed by atoms with Crippen molar-refractivity contribution in [3.8, 4) is 0 Å². The topological polar surface area (TPSA) is 18.5 Å². The van der Waals surface area contributed by atoms with Gasteiger partial charge < -0.3 is 9.47 Å². The Bertz CT molecular complexity index is 202. The Hall–Kier alpha value is -0.380. The van der Waals surface area contributed by atoms with Gasteiger partial charge >= 0.3 is 0 Å². The Kier molecular flexibility index (Phi) is 2.65. The summed E-state index contributed by atoms with van der Waals surface area (Å²) in [5.74, 6) is -0.583. The van der Waals surface area contributed by atoms with Crippen molar-refractivity contribution in [2.24, 2.45) is 0 Å². The Balaban J connectivity index is 2.87. The highest BCUT2D eigenvalue weighted by molar-refractivity contribution is 7.08. The zero-order chi connectivity index (χ0) is 8.32. The summed E-state index contributed by atoms with van der Waals surface area (Å²) >= 11 is 1.64. The van der Waals surface area contributed by atoms with Crippen LogP contribution in [0.3, 0.4) is 0 Å². The molecule has 0 radical (unpaired) electrons. The van der Waals surface area contributed by atoms with E-state index in [1.54, 1.807) is 25.6 Å². The maximum atomic E-state index is 5.22. The van der Waals surface area contributed by atoms with E-state index in [0.717, 1.165) is 5.56 Å². The molecule has 0 fully saturated rings. The third kappa shape index (κ3) is 1.61. The lowest BCUT2D eigenvalue weighted by atomic mass is 10.2. The van der Waals surface area contributed by atoms with Crippen LogP contribution in [0.2, 0.25) is 0 Å². The fourth-order valence-electron chi connectivity index (χ4n) is 0.842. The number of hydrogen-bond donors (Lipinski definition) is 0. The molecule has 1 heterocycles. The minimum atomic E-state index is -0.583. The fourth-order valence-corrected chi connectivity index (χ4v) is 1.58. The third-order valence-electron chi connectivity index (χ3n) is 1.82. The predicted octanol–water partition coefficient (Wildman–Crippen LogP) is 2.21. The van der Waals surface area contributed by atoms with E-state index in [9.17, 15) is 0 Å². The molecule has 1 aromatic heterocycles. The standard InChI is InChI=1S/C8H12O2S/c1-8(9-2,10-3)7-4-5-11-6-7/h4-6H,1-3H3. The summed E-state index contributed by atoms with van der Waals surface area (Å²) in [6.07, 6.45) is 0. The first kappa shape index (κ1) is 8.71. The Morgan fingerprint density at radius 2 is 2.00 bits per heavy atom. The number of thiophene rings is 1. The molecule has 0 amide bonds. The lowest BCUT2D eigenvalue weighted by Crippen LogP contribution is -2.25. The van der Waals surface area contributed by atoms with Gasteiger partial charge in [0.2, 0.25) is 0 Å². The van der Waals surface area contributed by atoms with Crippen LogP contribution in [0.5, 0.6) is 0 Å². The van der Waals surface area contributed by atoms with Crippen molar-refractivity contribution in [2.75, 3.05) is 14.2 Å². The molecule has 3 heteroatoms. The molecule has 0 bridgehead atoms. The van der Waals surface area contributed by atoms with Gasteiger partial charge in [-0.1, -0.05) is 0 Å². The number of hydrogen-bond acceptors (Lipinski definition) is 3. The molecule has 0 spiro atoms. The zero-order valence-corrected chi connectivity index (χ0v) is 7.77. The first-order valence-corrected chi connectivity index (χ1v) is 4.30. The molecule has 0 saturated carbocycles. The summed E-state index contributed by atoms with van der Waals surface area (Å²) in [5.41, 5.74) is 1.06. The molecule has 0 aliphatic rings. The molecule has 11 heavy (non-hydrogen) atoms. The van der Waals surface area contributed by atoms with Crippen molar-refractivity contribution in [3.05, 3.63) is 22.4 Å². The Morgan fingerprint density at radius 1 is 1.36 bits per heavy atom. The van der Waals surface area contributed by atoms with E-state index in [1.165, 1.54) is 0 Å². The van der Waals surface area contributed by atoms with Gasteiger partial charge in [0.1, 0.15) is 0 Å². The molecular weight excluding hydrogens is 160 g/mol. The summed E-state index contributed by atoms with van der Waals surface area (Å²) in [6.45, 7) is 1.90. The van der Waals surface area contributed by atoms with E-state index in [-0.39, 0.29) is 0 Å². The molecule has 0 atom stereocenters. The van der Waals surface area contributed by atoms with Gasteiger partial charge in [-0.25, -0.2) is 0 Å². The van der Waals surface area contributed by atoms with Crippen molar-refractivity contribution in [1.82, 2.24) is 0 Å². The van der Waals surface area contributed by atoms with Crippen LogP contribution in [-0.4, -0.2) is 14.2 Å². The molecule has 1 rings (SSSR count). The number of ether oxygens (including phenoxy) is 2. The predicted molar refractivity (Wildman–Crippen MR) is 45.7 cm³/mol. The lowest BCUT2D eigenvalue weighted by Gasteiger charge is -2.25. The van der Waals surface area contributed by atoms with Crippen LogP contribution in [0.4, 0.5) is 0 Å². The van der Waals surface area contributed by atoms with Crippen LogP contribution < -0.4 is 0 Å². The molecule has 0 N–H and O–H groups in total. The van der Waals surface area contributed by atoms with E-state index in [2.05, 4.69) is 0 Å². The van der Waals surface area contributed by atoms with E-state index < -0.39 is 5.79 Å². The summed E-state index contributed by atoms with van der Waals surface area (Å²) in [7, 11) is 3.28. The molecule has 0 unspecified atom stereocenters. The maximum absolute atomic E-state index is 5.22. The molecule has 62 valence electrons. The minimum absolute atomic E-state index is 0.583. The molecular formula is C8H12O2S. The summed E-state index contributed by atoms with van der Waals surface area (Å²) in [5, 5.41) is 4.03. The van der Waals surface area contributed by atoms with E-state index in [0.29, 0.717) is 0 Å². The highest BCUT2D eigenvalue weighted by atomic mass is 32.1. The van der Waals surface area contributed by atoms with Crippen LogP contribution in [0.25, 0.3) is 0 Å². The van der Waals surface area contributed by atoms with E-state index >= 15 is 0 Å². The van der Waals surface area contributed by atoms with Gasteiger partial charge in [0.25, 0.3) is 0 Å². The van der Waals surface area contributed by atoms with E-state index in [1.807, 2.05) is 23.8 Å². The molecule has 0 saturated heterocycles. The fraction of sp³-hybridized carbons (Fsp3) is 0.500. The molecule has 0 aromatic carbocycles. The van der Waals surface area contributed by atoms with Gasteiger partial charge in [0.05, 0.1) is 0 Å². The average Bonchev–Trinajstić information content (AvgIpc) is 2.55. The zero-order valence-electron chi connectivity index (χ0n) is 6.96. The van der Waals surface area contributed by atoms with Crippen LogP contribution in [0.1, 0.15) is 12.5 Å². The van der Waals surface area contributed by atoms with Gasteiger partial charge in [-0.3, -0.25) is 0 Å². The highest BCUT2D eigenvalue weighted by Crippen LogP contribution is 2.26. The maximum Gasteiger partial charge on any atom is 0.192 e. The summed E-state index contributed by atoms with van der Waals surface area (Å²) in [6, 6.07) is 2.00. The first-order chi connectivity index (χ1) is 5.23. The van der Waals surface area contributed by atoms with Crippen LogP contribution in [0, 0.1) is 0 Å². The summed E-state index contributed by atoms with van der Waals surface area (Å²) < 4.78 is 10.4. The average molecular weight is 172 g/mol. The normalized spacial score (nSPS) is 11.9. The van der Waals surface area contributed by atoms with E-state index in [4.69, 9.17) is 9.47 Å². The molecule has 0 aliphatic heterocycles. The second-order valence-corrected chi connectivity index (χ2v) is 3.15. The first-order valence-electron chi connectivity index (χ1n) is 3.36. The van der Waals surface area contributed by atoms with Crippen LogP contribution in [0.15, 0.2) is 16.8 Å². The van der Waals surface area contributed by atoms with Gasteiger partial charge in [0, 0.05) is 19.8 Å². The monoisotopic (exact) mass is 172 g/mol. The third-order valence-corrected chi connectivity index (χ3v) is 2.51. The lowest BCUT2D eigenvalue weighted by molar-refractivity contribution is -0.201. The van der Waals surface area contributed by atoms with Gasteiger partial charge in [0.15, 0.2) is 5.79 Å². The second kappa shape index (κ2) is 3.34. The summed E-state index contributed by atoms with van der Waals surface area (Å²) in [4.78, 5) is 0. The van der Waals surface area contributed by atoms with Crippen molar-refractivity contribution < 1.29 is 9.47 Å². The number of methoxy groups -OCH3 is 2. The van der Waals surface area contributed by atoms with Crippen molar-refractivity contribution in [3.63, 3.8) is 0 Å². The van der Waals surface area contributed by atoms with Crippen LogP contribution in [-0.2, 0) is 15.3 Å². The van der Waals surface area contributed by atoms with Gasteiger partial charge in [-0.05, 0) is 23.8 Å². The molecule has 0 aliphatic carbocycles. The Morgan fingerprint density at radius 3 is 2.36 bits per heavy atom. The number of rotatable bonds is 3. The van der Waals surface area contributed by atoms with Gasteiger partial charge in [-0.15, -0.1) is 0 Å². The smallest absolute Gasteiger partial charge is 0.192 e. The van der Waals surface area contributed by atoms with Gasteiger partial charge in [-0.2, -0.15) is 11.3 Å². The second-order valence-electron chi connectivity index (χ2n) is 2.37. The highest BCUT2D eigenvalue weighted by Gasteiger charge is 2.25. The quantitative estimate of drug-likeness (QED) is 0.651. The molecule has 2 nitrogen and oxygen atoms in total. The van der Waals surface area contributed by atoms with Crippen molar-refractivity contribution in [2.45, 2.75) is 12.7 Å². The Labute approximate surface area is 70.8 Å². The minimum Gasteiger partial charge on any atom is -0.349 e.